The van der Waals surface area contributed by atoms with Gasteiger partial charge in [0.05, 0.1) is 6.61 Å². The molecule has 0 aliphatic heterocycles. The van der Waals surface area contributed by atoms with E-state index < -0.39 is 24.6 Å². The Kier molecular flexibility index (Phi) is 5.16. The third-order valence-electron chi connectivity index (χ3n) is 1.89. The van der Waals surface area contributed by atoms with Crippen molar-refractivity contribution in [1.29, 1.82) is 0 Å². The molecule has 0 spiro atoms. The number of benzene rings is 1. The topological polar surface area (TPSA) is 98.7 Å². The lowest BCUT2D eigenvalue weighted by Gasteiger charge is -2.12. The molecule has 0 aromatic heterocycles. The van der Waals surface area contributed by atoms with Crippen molar-refractivity contribution in [3.8, 4) is 0 Å². The number of carboxylic acid groups (broad SMARTS) is 1. The van der Waals surface area contributed by atoms with Crippen molar-refractivity contribution >= 4 is 40.3 Å². The monoisotopic (exact) mass is 350 g/mol. The average Bonchev–Trinajstić information content (AvgIpc) is 2.28. The lowest BCUT2D eigenvalue weighted by Crippen LogP contribution is -2.45. The number of aliphatic carboxylic acids is 1. The molecular weight excluding hydrogens is 339 g/mol. The molecule has 0 saturated carbocycles. The van der Waals surface area contributed by atoms with Crippen LogP contribution in [0.25, 0.3) is 0 Å². The van der Waals surface area contributed by atoms with Crippen molar-refractivity contribution in [2.24, 2.45) is 0 Å². The van der Waals surface area contributed by atoms with Gasteiger partial charge in [-0.1, -0.05) is 0 Å². The summed E-state index contributed by atoms with van der Waals surface area (Å²) in [6.07, 6.45) is 0. The van der Waals surface area contributed by atoms with E-state index in [1.54, 1.807) is 24.3 Å². The number of hydrogen-bond acceptors (Lipinski definition) is 3. The summed E-state index contributed by atoms with van der Waals surface area (Å²) in [6, 6.07) is 5.01. The van der Waals surface area contributed by atoms with Gasteiger partial charge in [-0.25, -0.2) is 9.59 Å². The van der Waals surface area contributed by atoms with Crippen LogP contribution in [0, 0.1) is 3.57 Å². The molecular formula is C10H11IN2O4. The van der Waals surface area contributed by atoms with Gasteiger partial charge in [0.1, 0.15) is 0 Å². The smallest absolute Gasteiger partial charge is 0.328 e. The number of urea groups is 1. The van der Waals surface area contributed by atoms with Crippen molar-refractivity contribution < 1.29 is 19.8 Å². The van der Waals surface area contributed by atoms with Gasteiger partial charge in [0.15, 0.2) is 6.04 Å². The van der Waals surface area contributed by atoms with E-state index in [0.717, 1.165) is 3.57 Å². The largest absolute Gasteiger partial charge is 0.480 e. The quantitative estimate of drug-likeness (QED) is 0.606. The number of halogens is 1. The van der Waals surface area contributed by atoms with Gasteiger partial charge in [-0.05, 0) is 46.9 Å². The highest BCUT2D eigenvalue weighted by atomic mass is 127. The Morgan fingerprint density at radius 2 is 1.88 bits per heavy atom. The molecule has 1 aromatic carbocycles. The summed E-state index contributed by atoms with van der Waals surface area (Å²) in [7, 11) is 0. The Morgan fingerprint density at radius 1 is 1.29 bits per heavy atom. The van der Waals surface area contributed by atoms with Crippen molar-refractivity contribution in [1.82, 2.24) is 5.32 Å². The van der Waals surface area contributed by atoms with Crippen molar-refractivity contribution in [3.05, 3.63) is 27.8 Å². The molecule has 0 aliphatic carbocycles. The van der Waals surface area contributed by atoms with E-state index in [4.69, 9.17) is 10.2 Å². The van der Waals surface area contributed by atoms with E-state index in [-0.39, 0.29) is 0 Å². The minimum Gasteiger partial charge on any atom is -0.480 e. The van der Waals surface area contributed by atoms with Crippen LogP contribution in [-0.2, 0) is 4.79 Å². The molecule has 0 unspecified atom stereocenters. The highest BCUT2D eigenvalue weighted by molar-refractivity contribution is 14.1. The van der Waals surface area contributed by atoms with Gasteiger partial charge in [0, 0.05) is 9.26 Å². The number of nitrogens with one attached hydrogen (secondary N) is 2. The molecule has 4 N–H and O–H groups in total. The summed E-state index contributed by atoms with van der Waals surface area (Å²) < 4.78 is 1.02. The number of rotatable bonds is 4. The van der Waals surface area contributed by atoms with Crippen LogP contribution in [-0.4, -0.2) is 34.9 Å². The first-order valence-electron chi connectivity index (χ1n) is 4.69. The highest BCUT2D eigenvalue weighted by Gasteiger charge is 2.18. The fraction of sp³-hybridized carbons (Fsp3) is 0.200. The Hall–Kier alpha value is -1.35. The first-order valence-corrected chi connectivity index (χ1v) is 5.77. The maximum Gasteiger partial charge on any atom is 0.328 e. The summed E-state index contributed by atoms with van der Waals surface area (Å²) in [6.45, 7) is -0.657. The Balaban J connectivity index is 2.54. The first-order chi connectivity index (χ1) is 8.02. The zero-order valence-corrected chi connectivity index (χ0v) is 10.8. The number of carboxylic acids is 1. The summed E-state index contributed by atoms with van der Waals surface area (Å²) in [5.41, 5.74) is 0.546. The van der Waals surface area contributed by atoms with Crippen molar-refractivity contribution in [2.75, 3.05) is 11.9 Å². The zero-order valence-electron chi connectivity index (χ0n) is 8.68. The van der Waals surface area contributed by atoms with E-state index in [9.17, 15) is 9.59 Å². The average molecular weight is 350 g/mol. The Labute approximate surface area is 111 Å². The molecule has 7 heteroatoms. The minimum atomic E-state index is -1.31. The van der Waals surface area contributed by atoms with Gasteiger partial charge in [-0.3, -0.25) is 0 Å². The molecule has 92 valence electrons. The second-order valence-electron chi connectivity index (χ2n) is 3.18. The number of carbonyl (C=O) groups is 2. The van der Waals surface area contributed by atoms with Crippen LogP contribution in [0.4, 0.5) is 10.5 Å². The van der Waals surface area contributed by atoms with Crippen LogP contribution >= 0.6 is 22.6 Å². The third-order valence-corrected chi connectivity index (χ3v) is 2.61. The number of carbonyl (C=O) groups excluding carboxylic acids is 1. The number of aliphatic hydroxyl groups excluding tert-OH is 1. The van der Waals surface area contributed by atoms with Gasteiger partial charge in [0.2, 0.25) is 0 Å². The predicted octanol–water partition coefficient (Wildman–Crippen LogP) is 0.858. The summed E-state index contributed by atoms with van der Waals surface area (Å²) in [4.78, 5) is 21.9. The van der Waals surface area contributed by atoms with Crippen LogP contribution in [0.3, 0.4) is 0 Å². The van der Waals surface area contributed by atoms with Gasteiger partial charge in [-0.15, -0.1) is 0 Å². The molecule has 0 fully saturated rings. The summed E-state index contributed by atoms with van der Waals surface area (Å²) in [5.74, 6) is -1.29. The van der Waals surface area contributed by atoms with Crippen LogP contribution in [0.5, 0.6) is 0 Å². The zero-order chi connectivity index (χ0) is 12.8. The second-order valence-corrected chi connectivity index (χ2v) is 4.42. The van der Waals surface area contributed by atoms with E-state index in [0.29, 0.717) is 5.69 Å². The van der Waals surface area contributed by atoms with E-state index >= 15 is 0 Å². The van der Waals surface area contributed by atoms with Crippen LogP contribution in [0.15, 0.2) is 24.3 Å². The lowest BCUT2D eigenvalue weighted by atomic mass is 10.3. The molecule has 0 saturated heterocycles. The summed E-state index contributed by atoms with van der Waals surface area (Å²) in [5, 5.41) is 21.9. The standard InChI is InChI=1S/C10H11IN2O4/c11-6-1-3-7(4-2-6)12-10(17)13-8(5-14)9(15)16/h1-4,8,14H,5H2,(H,15,16)(H2,12,13,17)/t8-/m1/s1. The summed E-state index contributed by atoms with van der Waals surface area (Å²) >= 11 is 2.13. The molecule has 1 aromatic rings. The molecule has 1 rings (SSSR count). The van der Waals surface area contributed by atoms with Gasteiger partial charge in [-0.2, -0.15) is 0 Å². The normalized spacial score (nSPS) is 11.6. The van der Waals surface area contributed by atoms with E-state index in [1.807, 2.05) is 0 Å². The molecule has 2 amide bonds. The fourth-order valence-corrected chi connectivity index (χ4v) is 1.40. The fourth-order valence-electron chi connectivity index (χ4n) is 1.04. The number of amides is 2. The molecule has 0 heterocycles. The van der Waals surface area contributed by atoms with Crippen molar-refractivity contribution in [3.63, 3.8) is 0 Å². The minimum absolute atomic E-state index is 0.546. The maximum absolute atomic E-state index is 11.4. The molecule has 0 radical (unpaired) electrons. The van der Waals surface area contributed by atoms with Gasteiger partial charge >= 0.3 is 12.0 Å². The molecule has 17 heavy (non-hydrogen) atoms. The van der Waals surface area contributed by atoms with Crippen molar-refractivity contribution in [2.45, 2.75) is 6.04 Å². The molecule has 6 nitrogen and oxygen atoms in total. The number of anilines is 1. The maximum atomic E-state index is 11.4. The van der Waals surface area contributed by atoms with E-state index in [1.165, 1.54) is 0 Å². The van der Waals surface area contributed by atoms with Crippen LogP contribution in [0.1, 0.15) is 0 Å². The highest BCUT2D eigenvalue weighted by Crippen LogP contribution is 2.10. The third kappa shape index (κ3) is 4.57. The second kappa shape index (κ2) is 6.40. The van der Waals surface area contributed by atoms with Crippen LogP contribution in [0.2, 0.25) is 0 Å². The SMILES string of the molecule is O=C(Nc1ccc(I)cc1)N[C@H](CO)C(=O)O. The van der Waals surface area contributed by atoms with Gasteiger partial charge in [0.25, 0.3) is 0 Å². The molecule has 0 aliphatic rings. The van der Waals surface area contributed by atoms with Crippen LogP contribution < -0.4 is 10.6 Å². The predicted molar refractivity (Wildman–Crippen MR) is 69.8 cm³/mol. The Morgan fingerprint density at radius 3 is 2.35 bits per heavy atom. The lowest BCUT2D eigenvalue weighted by molar-refractivity contribution is -0.140. The number of hydrogen-bond donors (Lipinski definition) is 4. The molecule has 0 bridgehead atoms. The molecule has 1 atom stereocenters. The number of aliphatic hydroxyl groups is 1. The Bertz CT molecular complexity index is 407. The first kappa shape index (κ1) is 13.7. The van der Waals surface area contributed by atoms with E-state index in [2.05, 4.69) is 33.2 Å². The van der Waals surface area contributed by atoms with Gasteiger partial charge < -0.3 is 20.8 Å².